The molecule has 0 saturated heterocycles. The molecule has 3 aromatic rings. The summed E-state index contributed by atoms with van der Waals surface area (Å²) in [6, 6.07) is 1.52. The molecule has 3 amide bonds. The molecule has 74 heavy (non-hydrogen) atoms. The number of carboxylic acids is 3. The molecule has 0 bridgehead atoms. The van der Waals surface area contributed by atoms with Crippen LogP contribution in [0.4, 0.5) is 11.6 Å². The highest BCUT2D eigenvalue weighted by molar-refractivity contribution is 5.97. The van der Waals surface area contributed by atoms with Crippen LogP contribution in [0.1, 0.15) is 87.2 Å². The summed E-state index contributed by atoms with van der Waals surface area (Å²) in [6.07, 6.45) is -17.3. The van der Waals surface area contributed by atoms with Gasteiger partial charge < -0.3 is 83.2 Å². The van der Waals surface area contributed by atoms with Gasteiger partial charge in [0, 0.05) is 74.1 Å². The van der Waals surface area contributed by atoms with Gasteiger partial charge in [0.05, 0.1) is 43.8 Å². The maximum Gasteiger partial charge on any atom is 0.326 e. The van der Waals surface area contributed by atoms with Crippen molar-refractivity contribution in [3.63, 3.8) is 0 Å². The number of carbonyl (C=O) groups is 8. The summed E-state index contributed by atoms with van der Waals surface area (Å²) < 4.78 is 0. The van der Waals surface area contributed by atoms with Gasteiger partial charge in [-0.2, -0.15) is 4.98 Å². The summed E-state index contributed by atoms with van der Waals surface area (Å²) in [4.78, 5) is 128. The molecule has 0 aliphatic heterocycles. The summed E-state index contributed by atoms with van der Waals surface area (Å²) in [6.45, 7) is -0.617. The summed E-state index contributed by atoms with van der Waals surface area (Å²) in [5.74, 6) is -12.1. The van der Waals surface area contributed by atoms with Gasteiger partial charge in [-0.3, -0.25) is 43.3 Å². The van der Waals surface area contributed by atoms with Gasteiger partial charge in [-0.15, -0.1) is 0 Å². The highest BCUT2D eigenvalue weighted by Crippen LogP contribution is 2.25. The number of ketones is 2. The summed E-state index contributed by atoms with van der Waals surface area (Å²) in [5.41, 5.74) is 5.80. The third kappa shape index (κ3) is 19.7. The average molecular weight is 1050 g/mol. The van der Waals surface area contributed by atoms with Crippen molar-refractivity contribution >= 4 is 70.0 Å². The van der Waals surface area contributed by atoms with Gasteiger partial charge in [-0.05, 0) is 50.5 Å². The number of carboxylic acid groups (broad SMARTS) is 3. The van der Waals surface area contributed by atoms with Crippen LogP contribution in [0.3, 0.4) is 0 Å². The molecule has 1 aromatic carbocycles. The summed E-state index contributed by atoms with van der Waals surface area (Å²) in [7, 11) is 0. The molecule has 2 aromatic heterocycles. The number of aliphatic hydroxyl groups is 8. The van der Waals surface area contributed by atoms with E-state index in [1.54, 1.807) is 0 Å². The quantitative estimate of drug-likeness (QED) is 0.0269. The molecule has 29 heteroatoms. The van der Waals surface area contributed by atoms with Crippen molar-refractivity contribution in [2.75, 3.05) is 24.3 Å². The number of rotatable bonds is 34. The number of aromatic amines is 1. The standard InChI is InChI=1S/C45H63N9O20/c1-20(2-10-33(62)63)49-32(61)15-29(37(67)39(69)31(60)19-56)52-42(71)22(5-11-34(64)65)12-27(58)14-23(36(66)38(68)30(59)18-55)13-26(57)8-9-28(44(73)74)51-41(70)21-3-6-24(7-4-21)47-16-25-17-48-40-35(50-25)43(72)54-45(46)53-40/h3-4,6-7,17,20,22-23,28-31,36-39,47,55-56,59-60,66-69H,2,5,8-16,18-19H2,1H3,(H,49,61)(H,51,70)(H,52,71)(H,62,63)(H,64,65)(H,73,74)(H3,46,48,53,54,72)/t20-,22-,23-,28+,29-,30-,31-,36-,37-,38-,39-/m1/s1. The minimum atomic E-state index is -2.18. The van der Waals surface area contributed by atoms with E-state index in [0.717, 1.165) is 0 Å². The Labute approximate surface area is 420 Å². The van der Waals surface area contributed by atoms with Gasteiger partial charge in [0.15, 0.2) is 11.2 Å². The molecule has 0 saturated carbocycles. The number of aliphatic hydroxyl groups excluding tert-OH is 8. The van der Waals surface area contributed by atoms with E-state index < -0.39 is 184 Å². The van der Waals surface area contributed by atoms with E-state index in [1.165, 1.54) is 37.4 Å². The lowest BCUT2D eigenvalue weighted by Gasteiger charge is -2.31. The number of aromatic nitrogens is 4. The van der Waals surface area contributed by atoms with Crippen molar-refractivity contribution in [1.29, 1.82) is 0 Å². The Morgan fingerprint density at radius 1 is 0.689 bits per heavy atom. The van der Waals surface area contributed by atoms with Gasteiger partial charge in [0.1, 0.15) is 48.1 Å². The van der Waals surface area contributed by atoms with Crippen LogP contribution in [0.25, 0.3) is 11.2 Å². The van der Waals surface area contributed by atoms with Gasteiger partial charge >= 0.3 is 17.9 Å². The number of Topliss-reactive ketones (excluding diaryl/α,β-unsaturated/α-hetero) is 2. The van der Waals surface area contributed by atoms with E-state index >= 15 is 0 Å². The maximum atomic E-state index is 13.7. The average Bonchev–Trinajstić information content (AvgIpc) is 3.35. The number of benzene rings is 1. The fourth-order valence-electron chi connectivity index (χ4n) is 7.47. The van der Waals surface area contributed by atoms with Crippen LogP contribution >= 0.6 is 0 Å². The second-order valence-corrected chi connectivity index (χ2v) is 17.6. The van der Waals surface area contributed by atoms with Gasteiger partial charge in [0.25, 0.3) is 11.5 Å². The number of aliphatic carboxylic acids is 3. The number of fused-ring (bicyclic) bond motifs is 1. The Balaban J connectivity index is 1.73. The zero-order chi connectivity index (χ0) is 55.4. The van der Waals surface area contributed by atoms with E-state index in [2.05, 4.69) is 41.2 Å². The molecule has 0 aliphatic rings. The number of carbonyl (C=O) groups excluding carboxylic acids is 5. The molecule has 0 aliphatic carbocycles. The number of anilines is 2. The number of nitrogen functional groups attached to an aromatic ring is 1. The molecule has 0 radical (unpaired) electrons. The lowest BCUT2D eigenvalue weighted by molar-refractivity contribution is -0.141. The van der Waals surface area contributed by atoms with E-state index in [1.807, 2.05) is 0 Å². The van der Waals surface area contributed by atoms with Crippen molar-refractivity contribution in [2.45, 2.75) is 132 Å². The Morgan fingerprint density at radius 3 is 1.88 bits per heavy atom. The number of nitrogens with one attached hydrogen (secondary N) is 5. The first-order valence-corrected chi connectivity index (χ1v) is 23.1. The molecule has 0 spiro atoms. The monoisotopic (exact) mass is 1050 g/mol. The van der Waals surface area contributed by atoms with Crippen LogP contribution in [0.2, 0.25) is 0 Å². The lowest BCUT2D eigenvalue weighted by Crippen LogP contribution is -2.55. The molecule has 0 fully saturated rings. The Morgan fingerprint density at radius 2 is 1.28 bits per heavy atom. The number of H-pyrrole nitrogens is 1. The predicted octanol–water partition coefficient (Wildman–Crippen LogP) is -4.33. The number of hydrogen-bond acceptors (Lipinski definition) is 22. The minimum Gasteiger partial charge on any atom is -0.481 e. The first-order valence-electron chi connectivity index (χ1n) is 23.1. The predicted molar refractivity (Wildman–Crippen MR) is 253 cm³/mol. The second-order valence-electron chi connectivity index (χ2n) is 17.6. The van der Waals surface area contributed by atoms with Crippen LogP contribution in [-0.2, 0) is 40.1 Å². The molecule has 18 N–H and O–H groups in total. The number of amides is 3. The summed E-state index contributed by atoms with van der Waals surface area (Å²) >= 11 is 0. The SMILES string of the molecule is C[C@H](CCC(=O)O)NC(=O)C[C@@H](NC(=O)[C@H](CCC(=O)O)CC(=O)C[C@@H](CC(=O)CC[C@H](NC(=O)c1ccc(NCc2cnc3nc(N)[nH]c(=O)c3n2)cc1)C(=O)O)[C@@H](O)[C@H](O)[C@H](O)CO)[C@@H](O)[C@H](O)[C@H](O)CO. The number of hydrogen-bond donors (Lipinski definition) is 17. The van der Waals surface area contributed by atoms with Crippen LogP contribution in [0.15, 0.2) is 35.3 Å². The minimum absolute atomic E-state index is 0.0113. The Bertz CT molecular complexity index is 2480. The zero-order valence-corrected chi connectivity index (χ0v) is 39.9. The van der Waals surface area contributed by atoms with Crippen LogP contribution in [0, 0.1) is 11.8 Å². The molecule has 29 nitrogen and oxygen atoms in total. The summed E-state index contributed by atoms with van der Waals surface area (Å²) in [5, 5.41) is 120. The van der Waals surface area contributed by atoms with E-state index in [9.17, 15) is 94.2 Å². The zero-order valence-electron chi connectivity index (χ0n) is 39.9. The van der Waals surface area contributed by atoms with E-state index in [-0.39, 0.29) is 42.1 Å². The van der Waals surface area contributed by atoms with Gasteiger partial charge in [-0.1, -0.05) is 0 Å². The highest BCUT2D eigenvalue weighted by atomic mass is 16.4. The fourth-order valence-corrected chi connectivity index (χ4v) is 7.47. The smallest absolute Gasteiger partial charge is 0.326 e. The normalized spacial score (nSPS) is 15.9. The topological polar surface area (TPSA) is 505 Å². The van der Waals surface area contributed by atoms with Crippen molar-refractivity contribution in [2.24, 2.45) is 11.8 Å². The van der Waals surface area contributed by atoms with Gasteiger partial charge in [-0.25, -0.2) is 14.8 Å². The van der Waals surface area contributed by atoms with Crippen molar-refractivity contribution in [3.05, 3.63) is 52.1 Å². The number of nitrogens with two attached hydrogens (primary N) is 1. The van der Waals surface area contributed by atoms with E-state index in [4.69, 9.17) is 10.8 Å². The number of nitrogens with zero attached hydrogens (tertiary/aromatic N) is 3. The molecular weight excluding hydrogens is 987 g/mol. The van der Waals surface area contributed by atoms with Crippen LogP contribution < -0.4 is 32.6 Å². The molecule has 0 unspecified atom stereocenters. The third-order valence-electron chi connectivity index (χ3n) is 11.6. The molecule has 11 atom stereocenters. The van der Waals surface area contributed by atoms with E-state index in [0.29, 0.717) is 11.4 Å². The first kappa shape index (κ1) is 61.2. The molecule has 408 valence electrons. The van der Waals surface area contributed by atoms with Crippen LogP contribution in [0.5, 0.6) is 0 Å². The molecular formula is C45H63N9O20. The Kier molecular flexibility index (Phi) is 24.4. The molecule has 2 heterocycles. The largest absolute Gasteiger partial charge is 0.481 e. The lowest BCUT2D eigenvalue weighted by atomic mass is 9.83. The highest BCUT2D eigenvalue weighted by Gasteiger charge is 2.38. The first-order chi connectivity index (χ1) is 34.8. The second kappa shape index (κ2) is 29.5. The maximum absolute atomic E-state index is 13.7. The van der Waals surface area contributed by atoms with Crippen molar-refractivity contribution in [1.82, 2.24) is 35.9 Å². The van der Waals surface area contributed by atoms with Crippen molar-refractivity contribution in [3.8, 4) is 0 Å². The molecule has 3 rings (SSSR count). The fraction of sp³-hybridized carbons (Fsp3) is 0.556. The third-order valence-corrected chi connectivity index (χ3v) is 11.6. The Hall–Kier alpha value is -7.12. The van der Waals surface area contributed by atoms with Gasteiger partial charge in [0.2, 0.25) is 17.8 Å². The van der Waals surface area contributed by atoms with Crippen molar-refractivity contribution < 1.29 is 94.5 Å². The van der Waals surface area contributed by atoms with Crippen LogP contribution in [-0.4, -0.2) is 191 Å².